The van der Waals surface area contributed by atoms with Crippen LogP contribution in [0, 0.1) is 12.8 Å². The number of nitrogens with two attached hydrogens (primary N) is 1. The number of piperidine rings is 1. The minimum atomic E-state index is -1.11. The number of rotatable bonds is 7. The lowest BCUT2D eigenvalue weighted by molar-refractivity contribution is -0.118. The van der Waals surface area contributed by atoms with Gasteiger partial charge in [0.1, 0.15) is 12.4 Å². The van der Waals surface area contributed by atoms with Gasteiger partial charge in [0.15, 0.2) is 0 Å². The Hall–Kier alpha value is -2.58. The second-order valence-electron chi connectivity index (χ2n) is 6.95. The smallest absolute Gasteiger partial charge is 0.407 e. The van der Waals surface area contributed by atoms with E-state index >= 15 is 0 Å². The van der Waals surface area contributed by atoms with Crippen LogP contribution in [0.15, 0.2) is 6.07 Å². The first-order chi connectivity index (χ1) is 12.3. The number of hydrogen-bond donors (Lipinski definition) is 2. The van der Waals surface area contributed by atoms with Crippen molar-refractivity contribution in [2.24, 2.45) is 11.7 Å². The summed E-state index contributed by atoms with van der Waals surface area (Å²) in [4.78, 5) is 36.5. The van der Waals surface area contributed by atoms with Crippen molar-refractivity contribution in [2.45, 2.75) is 26.2 Å². The third-order valence-corrected chi connectivity index (χ3v) is 4.61. The summed E-state index contributed by atoms with van der Waals surface area (Å²) in [7, 11) is 3.91. The zero-order valence-corrected chi connectivity index (χ0v) is 15.7. The van der Waals surface area contributed by atoms with Crippen LogP contribution in [0.2, 0.25) is 0 Å². The van der Waals surface area contributed by atoms with Gasteiger partial charge in [-0.3, -0.25) is 9.69 Å². The molecule has 0 bridgehead atoms. The number of hydrogen-bond acceptors (Lipinski definition) is 6. The van der Waals surface area contributed by atoms with E-state index in [1.165, 1.54) is 0 Å². The summed E-state index contributed by atoms with van der Waals surface area (Å²) < 4.78 is 0. The third-order valence-electron chi connectivity index (χ3n) is 4.61. The third kappa shape index (κ3) is 5.47. The number of aryl methyl sites for hydroxylation is 1. The Morgan fingerprint density at radius 2 is 1.96 bits per heavy atom. The molecule has 0 spiro atoms. The molecule has 0 aromatic carbocycles. The number of aromatic nitrogens is 2. The molecule has 0 saturated carbocycles. The van der Waals surface area contributed by atoms with Gasteiger partial charge in [-0.15, -0.1) is 0 Å². The van der Waals surface area contributed by atoms with Crippen LogP contribution >= 0.6 is 0 Å². The maximum Gasteiger partial charge on any atom is 0.407 e. The number of primary amides is 1. The van der Waals surface area contributed by atoms with Crippen molar-refractivity contribution in [3.8, 4) is 0 Å². The molecule has 1 aliphatic heterocycles. The molecule has 9 heteroatoms. The molecule has 0 radical (unpaired) electrons. The number of carbonyl (C=O) groups is 2. The van der Waals surface area contributed by atoms with Gasteiger partial charge in [-0.25, -0.2) is 9.78 Å². The van der Waals surface area contributed by atoms with E-state index in [9.17, 15) is 9.59 Å². The van der Waals surface area contributed by atoms with E-state index in [1.807, 2.05) is 32.0 Å². The average molecular weight is 364 g/mol. The van der Waals surface area contributed by atoms with Gasteiger partial charge in [0.2, 0.25) is 11.9 Å². The van der Waals surface area contributed by atoms with Gasteiger partial charge < -0.3 is 20.6 Å². The average Bonchev–Trinajstić information content (AvgIpc) is 2.58. The molecule has 2 amide bonds. The number of carbonyl (C=O) groups excluding carboxylic acids is 1. The molecule has 1 fully saturated rings. The van der Waals surface area contributed by atoms with Crippen molar-refractivity contribution in [1.82, 2.24) is 14.9 Å². The van der Waals surface area contributed by atoms with E-state index in [1.54, 1.807) is 0 Å². The van der Waals surface area contributed by atoms with Gasteiger partial charge in [0.05, 0.1) is 0 Å². The summed E-state index contributed by atoms with van der Waals surface area (Å²) in [5, 5.41) is 9.13. The van der Waals surface area contributed by atoms with Gasteiger partial charge in [-0.1, -0.05) is 0 Å². The fourth-order valence-electron chi connectivity index (χ4n) is 3.10. The van der Waals surface area contributed by atoms with Crippen LogP contribution in [0.4, 0.5) is 16.6 Å². The zero-order chi connectivity index (χ0) is 19.3. The predicted octanol–water partition coefficient (Wildman–Crippen LogP) is 0.923. The molecule has 1 aromatic heterocycles. The maximum atomic E-state index is 11.2. The first-order valence-corrected chi connectivity index (χ1v) is 8.80. The predicted molar refractivity (Wildman–Crippen MR) is 99.4 cm³/mol. The highest BCUT2D eigenvalue weighted by Crippen LogP contribution is 2.25. The Labute approximate surface area is 153 Å². The number of anilines is 2. The minimum Gasteiger partial charge on any atom is -0.465 e. The standard InChI is InChI=1S/C17H28N6O3/c1-12-10-15(21(2)3)20-16(19-12)22-7-4-13(5-8-22)6-9-23(17(25)26)11-14(18)24/h10,13H,4-9,11H2,1-3H3,(H2,18,24)(H,25,26). The lowest BCUT2D eigenvalue weighted by Crippen LogP contribution is -2.40. The number of amides is 2. The summed E-state index contributed by atoms with van der Waals surface area (Å²) in [6.07, 6.45) is 1.51. The van der Waals surface area contributed by atoms with Crippen molar-refractivity contribution < 1.29 is 14.7 Å². The summed E-state index contributed by atoms with van der Waals surface area (Å²) in [6, 6.07) is 1.95. The molecule has 144 valence electrons. The molecule has 9 nitrogen and oxygen atoms in total. The first kappa shape index (κ1) is 19.7. The molecule has 3 N–H and O–H groups in total. The Morgan fingerprint density at radius 3 is 2.50 bits per heavy atom. The second-order valence-corrected chi connectivity index (χ2v) is 6.95. The highest BCUT2D eigenvalue weighted by Gasteiger charge is 2.23. The van der Waals surface area contributed by atoms with Crippen LogP contribution in [0.1, 0.15) is 25.0 Å². The number of nitrogens with zero attached hydrogens (tertiary/aromatic N) is 5. The zero-order valence-electron chi connectivity index (χ0n) is 15.7. The molecule has 1 aliphatic rings. The van der Waals surface area contributed by atoms with Crippen molar-refractivity contribution in [2.75, 3.05) is 50.1 Å². The fourth-order valence-corrected chi connectivity index (χ4v) is 3.10. The summed E-state index contributed by atoms with van der Waals surface area (Å²) in [5.41, 5.74) is 6.03. The van der Waals surface area contributed by atoms with Gasteiger partial charge in [0, 0.05) is 45.5 Å². The van der Waals surface area contributed by atoms with Crippen LogP contribution in [0.25, 0.3) is 0 Å². The molecule has 0 aliphatic carbocycles. The van der Waals surface area contributed by atoms with Crippen LogP contribution < -0.4 is 15.5 Å². The lowest BCUT2D eigenvalue weighted by atomic mass is 9.93. The minimum absolute atomic E-state index is 0.251. The summed E-state index contributed by atoms with van der Waals surface area (Å²) in [5.74, 6) is 1.42. The molecule has 1 saturated heterocycles. The highest BCUT2D eigenvalue weighted by molar-refractivity contribution is 5.80. The Morgan fingerprint density at radius 1 is 1.31 bits per heavy atom. The summed E-state index contributed by atoms with van der Waals surface area (Å²) in [6.45, 7) is 3.71. The molecule has 26 heavy (non-hydrogen) atoms. The molecule has 2 rings (SSSR count). The number of carboxylic acid groups (broad SMARTS) is 1. The van der Waals surface area contributed by atoms with Crippen LogP contribution in [0.5, 0.6) is 0 Å². The van der Waals surface area contributed by atoms with Gasteiger partial charge >= 0.3 is 6.09 Å². The molecule has 0 unspecified atom stereocenters. The normalized spacial score (nSPS) is 15.0. The maximum absolute atomic E-state index is 11.2. The quantitative estimate of drug-likeness (QED) is 0.739. The lowest BCUT2D eigenvalue weighted by Gasteiger charge is -2.33. The van der Waals surface area contributed by atoms with Gasteiger partial charge in [-0.2, -0.15) is 4.98 Å². The van der Waals surface area contributed by atoms with Crippen LogP contribution in [-0.2, 0) is 4.79 Å². The van der Waals surface area contributed by atoms with Crippen LogP contribution in [-0.4, -0.2) is 72.2 Å². The Balaban J connectivity index is 1.89. The summed E-state index contributed by atoms with van der Waals surface area (Å²) >= 11 is 0. The molecule has 1 aromatic rings. The van der Waals surface area contributed by atoms with E-state index in [0.29, 0.717) is 12.5 Å². The monoisotopic (exact) mass is 364 g/mol. The molecular weight excluding hydrogens is 336 g/mol. The van der Waals surface area contributed by atoms with Crippen LogP contribution in [0.3, 0.4) is 0 Å². The van der Waals surface area contributed by atoms with E-state index < -0.39 is 12.0 Å². The van der Waals surface area contributed by atoms with Crippen molar-refractivity contribution in [1.29, 1.82) is 0 Å². The van der Waals surface area contributed by atoms with Gasteiger partial charge in [0.25, 0.3) is 0 Å². The Bertz CT molecular complexity index is 643. The van der Waals surface area contributed by atoms with E-state index in [0.717, 1.165) is 54.7 Å². The topological polar surface area (TPSA) is 116 Å². The molecule has 2 heterocycles. The van der Waals surface area contributed by atoms with Crippen molar-refractivity contribution >= 4 is 23.8 Å². The largest absolute Gasteiger partial charge is 0.465 e. The molecular formula is C17H28N6O3. The van der Waals surface area contributed by atoms with Crippen molar-refractivity contribution in [3.63, 3.8) is 0 Å². The fraction of sp³-hybridized carbons (Fsp3) is 0.647. The second kappa shape index (κ2) is 8.68. The SMILES string of the molecule is Cc1cc(N(C)C)nc(N2CCC(CCN(CC(N)=O)C(=O)O)CC2)n1. The van der Waals surface area contributed by atoms with Gasteiger partial charge in [-0.05, 0) is 32.1 Å². The van der Waals surface area contributed by atoms with Crippen molar-refractivity contribution in [3.05, 3.63) is 11.8 Å². The van der Waals surface area contributed by atoms with E-state index in [4.69, 9.17) is 10.8 Å². The van der Waals surface area contributed by atoms with E-state index in [-0.39, 0.29) is 6.54 Å². The first-order valence-electron chi connectivity index (χ1n) is 8.80. The highest BCUT2D eigenvalue weighted by atomic mass is 16.4. The van der Waals surface area contributed by atoms with E-state index in [2.05, 4.69) is 14.9 Å². The molecule has 0 atom stereocenters. The Kier molecular flexibility index (Phi) is 6.59.